The molecule has 0 N–H and O–H groups in total. The number of carbonyl (C=O) groups is 1. The molecule has 4 heteroatoms. The summed E-state index contributed by atoms with van der Waals surface area (Å²) in [4.78, 5) is 13.1. The average molecular weight is 325 g/mol. The molecule has 0 bridgehead atoms. The molecule has 0 fully saturated rings. The second-order valence-corrected chi connectivity index (χ2v) is 6.31. The third kappa shape index (κ3) is 3.43. The molecule has 0 saturated carbocycles. The van der Waals surface area contributed by atoms with E-state index in [0.29, 0.717) is 13.0 Å². The number of halogens is 1. The maximum Gasteiger partial charge on any atom is 0.168 e. The summed E-state index contributed by atoms with van der Waals surface area (Å²) in [6.45, 7) is 2.57. The number of ether oxygens (including phenoxy) is 1. The average Bonchev–Trinajstić information content (AvgIpc) is 2.76. The molecule has 0 aliphatic heterocycles. The predicted molar refractivity (Wildman–Crippen MR) is 77.7 cm³/mol. The zero-order valence-electron chi connectivity index (χ0n) is 9.98. The molecule has 0 saturated heterocycles. The van der Waals surface area contributed by atoms with Crippen LogP contribution in [0.4, 0.5) is 0 Å². The van der Waals surface area contributed by atoms with Crippen LogP contribution in [0.25, 0.3) is 0 Å². The summed E-state index contributed by atoms with van der Waals surface area (Å²) in [5, 5.41) is 0. The Balaban J connectivity index is 2.04. The third-order valence-corrected chi connectivity index (χ3v) is 4.07. The predicted octanol–water partition coefficient (Wildman–Crippen LogP) is 4.33. The van der Waals surface area contributed by atoms with Crippen molar-refractivity contribution in [3.63, 3.8) is 0 Å². The second kappa shape index (κ2) is 6.16. The maximum absolute atomic E-state index is 12.0. The Kier molecular flexibility index (Phi) is 4.55. The normalized spacial score (nSPS) is 10.3. The van der Waals surface area contributed by atoms with E-state index in [1.807, 2.05) is 43.3 Å². The van der Waals surface area contributed by atoms with Gasteiger partial charge in [0.2, 0.25) is 0 Å². The zero-order valence-corrected chi connectivity index (χ0v) is 12.4. The lowest BCUT2D eigenvalue weighted by Gasteiger charge is -2.04. The highest BCUT2D eigenvalue weighted by atomic mass is 79.9. The fraction of sp³-hybridized carbons (Fsp3) is 0.214. The quantitative estimate of drug-likeness (QED) is 0.765. The molecule has 0 aliphatic rings. The van der Waals surface area contributed by atoms with E-state index in [-0.39, 0.29) is 5.78 Å². The molecular weight excluding hydrogens is 312 g/mol. The van der Waals surface area contributed by atoms with Crippen LogP contribution in [-0.2, 0) is 6.42 Å². The van der Waals surface area contributed by atoms with Crippen molar-refractivity contribution in [1.82, 2.24) is 0 Å². The summed E-state index contributed by atoms with van der Waals surface area (Å²) in [5.74, 6) is 0.931. The Labute approximate surface area is 119 Å². The van der Waals surface area contributed by atoms with Gasteiger partial charge in [-0.05, 0) is 59.3 Å². The molecule has 1 heterocycles. The summed E-state index contributed by atoms with van der Waals surface area (Å²) >= 11 is 4.99. The minimum atomic E-state index is 0.132. The van der Waals surface area contributed by atoms with Gasteiger partial charge in [0.1, 0.15) is 5.75 Å². The van der Waals surface area contributed by atoms with Gasteiger partial charge in [-0.2, -0.15) is 0 Å². The number of thiophene rings is 1. The number of benzene rings is 1. The van der Waals surface area contributed by atoms with Gasteiger partial charge in [-0.15, -0.1) is 11.3 Å². The van der Waals surface area contributed by atoms with Crippen molar-refractivity contribution in [2.24, 2.45) is 0 Å². The van der Waals surface area contributed by atoms with Gasteiger partial charge in [0, 0.05) is 16.9 Å². The van der Waals surface area contributed by atoms with Gasteiger partial charge in [-0.25, -0.2) is 0 Å². The minimum Gasteiger partial charge on any atom is -0.494 e. The number of Topliss-reactive ketones (excluding diaryl/α,β-unsaturated/α-hetero) is 1. The van der Waals surface area contributed by atoms with Crippen molar-refractivity contribution in [1.29, 1.82) is 0 Å². The lowest BCUT2D eigenvalue weighted by Crippen LogP contribution is -2.02. The van der Waals surface area contributed by atoms with Crippen LogP contribution in [0.15, 0.2) is 40.2 Å². The standard InChI is InChI=1S/C14H13BrO2S/c1-2-17-11-5-3-10(4-6-11)13(16)9-12-7-8-14(15)18-12/h3-8H,2,9H2,1H3. The Morgan fingerprint density at radius 3 is 2.50 bits per heavy atom. The first-order chi connectivity index (χ1) is 8.69. The number of hydrogen-bond acceptors (Lipinski definition) is 3. The van der Waals surface area contributed by atoms with E-state index in [1.165, 1.54) is 0 Å². The molecule has 2 aromatic rings. The topological polar surface area (TPSA) is 26.3 Å². The van der Waals surface area contributed by atoms with E-state index in [0.717, 1.165) is 20.0 Å². The first-order valence-electron chi connectivity index (χ1n) is 5.69. The third-order valence-electron chi connectivity index (χ3n) is 2.45. The molecule has 1 aromatic carbocycles. The van der Waals surface area contributed by atoms with Crippen LogP contribution in [0.5, 0.6) is 5.75 Å². The van der Waals surface area contributed by atoms with E-state index in [4.69, 9.17) is 4.74 Å². The van der Waals surface area contributed by atoms with Gasteiger partial charge >= 0.3 is 0 Å². The van der Waals surface area contributed by atoms with Crippen LogP contribution in [0.3, 0.4) is 0 Å². The van der Waals surface area contributed by atoms with Crippen LogP contribution in [0.2, 0.25) is 0 Å². The van der Waals surface area contributed by atoms with Gasteiger partial charge in [0.25, 0.3) is 0 Å². The molecule has 2 rings (SSSR count). The molecule has 0 atom stereocenters. The van der Waals surface area contributed by atoms with Crippen molar-refractivity contribution in [2.45, 2.75) is 13.3 Å². The van der Waals surface area contributed by atoms with Gasteiger partial charge in [-0.1, -0.05) is 0 Å². The Morgan fingerprint density at radius 1 is 1.22 bits per heavy atom. The highest BCUT2D eigenvalue weighted by Crippen LogP contribution is 2.23. The molecule has 94 valence electrons. The SMILES string of the molecule is CCOc1ccc(C(=O)Cc2ccc(Br)s2)cc1. The Hall–Kier alpha value is -1.13. The minimum absolute atomic E-state index is 0.132. The fourth-order valence-electron chi connectivity index (χ4n) is 1.61. The summed E-state index contributed by atoms with van der Waals surface area (Å²) in [7, 11) is 0. The highest BCUT2D eigenvalue weighted by Gasteiger charge is 2.08. The number of carbonyl (C=O) groups excluding carboxylic acids is 1. The first-order valence-corrected chi connectivity index (χ1v) is 7.30. The fourth-order valence-corrected chi connectivity index (χ4v) is 3.09. The van der Waals surface area contributed by atoms with Crippen LogP contribution in [-0.4, -0.2) is 12.4 Å². The molecule has 0 amide bonds. The van der Waals surface area contributed by atoms with Crippen molar-refractivity contribution in [3.8, 4) is 5.75 Å². The molecule has 18 heavy (non-hydrogen) atoms. The molecule has 0 spiro atoms. The van der Waals surface area contributed by atoms with Crippen LogP contribution >= 0.6 is 27.3 Å². The van der Waals surface area contributed by atoms with Crippen LogP contribution < -0.4 is 4.74 Å². The largest absolute Gasteiger partial charge is 0.494 e. The van der Waals surface area contributed by atoms with Crippen LogP contribution in [0, 0.1) is 0 Å². The summed E-state index contributed by atoms with van der Waals surface area (Å²) in [6, 6.07) is 11.2. The molecule has 0 radical (unpaired) electrons. The molecule has 2 nitrogen and oxygen atoms in total. The van der Waals surface area contributed by atoms with E-state index in [9.17, 15) is 4.79 Å². The van der Waals surface area contributed by atoms with Crippen LogP contribution in [0.1, 0.15) is 22.2 Å². The summed E-state index contributed by atoms with van der Waals surface area (Å²) in [5.41, 5.74) is 0.725. The van der Waals surface area contributed by atoms with E-state index < -0.39 is 0 Å². The van der Waals surface area contributed by atoms with E-state index in [2.05, 4.69) is 15.9 Å². The zero-order chi connectivity index (χ0) is 13.0. The van der Waals surface area contributed by atoms with Crippen molar-refractivity contribution in [2.75, 3.05) is 6.61 Å². The summed E-state index contributed by atoms with van der Waals surface area (Å²) in [6.07, 6.45) is 0.449. The molecular formula is C14H13BrO2S. The van der Waals surface area contributed by atoms with Crippen molar-refractivity contribution in [3.05, 3.63) is 50.6 Å². The lowest BCUT2D eigenvalue weighted by atomic mass is 10.1. The second-order valence-electron chi connectivity index (χ2n) is 3.76. The monoisotopic (exact) mass is 324 g/mol. The van der Waals surface area contributed by atoms with E-state index in [1.54, 1.807) is 11.3 Å². The number of rotatable bonds is 5. The van der Waals surface area contributed by atoms with E-state index >= 15 is 0 Å². The highest BCUT2D eigenvalue weighted by molar-refractivity contribution is 9.11. The van der Waals surface area contributed by atoms with Gasteiger partial charge in [0.05, 0.1) is 10.4 Å². The first kappa shape index (κ1) is 13.3. The van der Waals surface area contributed by atoms with Crippen molar-refractivity contribution < 1.29 is 9.53 Å². The van der Waals surface area contributed by atoms with Gasteiger partial charge < -0.3 is 4.74 Å². The Bertz CT molecular complexity index is 531. The van der Waals surface area contributed by atoms with Gasteiger partial charge in [0.15, 0.2) is 5.78 Å². The number of hydrogen-bond donors (Lipinski definition) is 0. The van der Waals surface area contributed by atoms with Gasteiger partial charge in [-0.3, -0.25) is 4.79 Å². The maximum atomic E-state index is 12.0. The number of ketones is 1. The molecule has 0 aliphatic carbocycles. The summed E-state index contributed by atoms with van der Waals surface area (Å²) < 4.78 is 6.40. The van der Waals surface area contributed by atoms with Crippen molar-refractivity contribution >= 4 is 33.0 Å². The Morgan fingerprint density at radius 2 is 1.94 bits per heavy atom. The molecule has 1 aromatic heterocycles. The smallest absolute Gasteiger partial charge is 0.168 e. The molecule has 0 unspecified atom stereocenters. The lowest BCUT2D eigenvalue weighted by molar-refractivity contribution is 0.0994.